The molecule has 0 aliphatic carbocycles. The topological polar surface area (TPSA) is 66.2 Å². The fourth-order valence-electron chi connectivity index (χ4n) is 1.74. The molecule has 0 unspecified atom stereocenters. The second-order valence-corrected chi connectivity index (χ2v) is 4.68. The van der Waals surface area contributed by atoms with E-state index in [1.54, 1.807) is 11.6 Å². The molecule has 0 saturated heterocycles. The zero-order valence-corrected chi connectivity index (χ0v) is 12.4. The zero-order valence-electron chi connectivity index (χ0n) is 12.4. The van der Waals surface area contributed by atoms with Crippen molar-refractivity contribution in [3.8, 4) is 5.69 Å². The molecule has 0 N–H and O–H groups in total. The Morgan fingerprint density at radius 3 is 2.62 bits per heavy atom. The van der Waals surface area contributed by atoms with Gasteiger partial charge < -0.3 is 9.47 Å². The molecule has 0 amide bonds. The van der Waals surface area contributed by atoms with Gasteiger partial charge in [0.05, 0.1) is 18.4 Å². The van der Waals surface area contributed by atoms with Crippen LogP contribution in [0.4, 0.5) is 0 Å². The summed E-state index contributed by atoms with van der Waals surface area (Å²) in [6.45, 7) is 6.19. The smallest absolute Gasteiger partial charge is 0.378 e. The van der Waals surface area contributed by atoms with E-state index < -0.39 is 5.97 Å². The molecule has 0 bridgehead atoms. The van der Waals surface area contributed by atoms with Crippen LogP contribution < -0.4 is 0 Å². The van der Waals surface area contributed by atoms with E-state index in [1.165, 1.54) is 0 Å². The minimum absolute atomic E-state index is 0.0445. The Kier molecular flexibility index (Phi) is 5.05. The van der Waals surface area contributed by atoms with Crippen molar-refractivity contribution in [3.05, 3.63) is 42.0 Å². The van der Waals surface area contributed by atoms with Crippen LogP contribution in [0.25, 0.3) is 5.69 Å². The van der Waals surface area contributed by atoms with Gasteiger partial charge in [0.25, 0.3) is 5.82 Å². The highest BCUT2D eigenvalue weighted by Crippen LogP contribution is 2.12. The van der Waals surface area contributed by atoms with Gasteiger partial charge in [-0.25, -0.2) is 14.5 Å². The highest BCUT2D eigenvalue weighted by atomic mass is 16.5. The predicted octanol–water partition coefficient (Wildman–Crippen LogP) is 2.37. The standard InChI is InChI=1S/C15H19N3O3/c1-4-20-15(19)14-16-13(10-21-11(2)3)18(17-14)12-8-6-5-7-9-12/h5-9,11H,4,10H2,1-3H3. The Morgan fingerprint density at radius 1 is 1.29 bits per heavy atom. The van der Waals surface area contributed by atoms with E-state index in [0.29, 0.717) is 5.82 Å². The van der Waals surface area contributed by atoms with E-state index in [2.05, 4.69) is 10.1 Å². The van der Waals surface area contributed by atoms with Crippen LogP contribution in [0, 0.1) is 0 Å². The number of aromatic nitrogens is 3. The molecule has 1 heterocycles. The monoisotopic (exact) mass is 289 g/mol. The third-order valence-corrected chi connectivity index (χ3v) is 2.68. The lowest BCUT2D eigenvalue weighted by molar-refractivity contribution is 0.0510. The van der Waals surface area contributed by atoms with Gasteiger partial charge in [-0.2, -0.15) is 0 Å². The molecular weight excluding hydrogens is 270 g/mol. The van der Waals surface area contributed by atoms with Gasteiger partial charge >= 0.3 is 5.97 Å². The Balaban J connectivity index is 2.34. The summed E-state index contributed by atoms with van der Waals surface area (Å²) in [7, 11) is 0. The summed E-state index contributed by atoms with van der Waals surface area (Å²) in [6, 6.07) is 9.49. The number of esters is 1. The number of carbonyl (C=O) groups is 1. The largest absolute Gasteiger partial charge is 0.460 e. The Hall–Kier alpha value is -2.21. The summed E-state index contributed by atoms with van der Waals surface area (Å²) >= 11 is 0. The lowest BCUT2D eigenvalue weighted by atomic mass is 10.3. The number of para-hydroxylation sites is 1. The molecule has 0 atom stereocenters. The van der Waals surface area contributed by atoms with Crippen molar-refractivity contribution in [2.75, 3.05) is 6.61 Å². The molecule has 1 aromatic carbocycles. The van der Waals surface area contributed by atoms with Gasteiger partial charge in [0.15, 0.2) is 5.82 Å². The second kappa shape index (κ2) is 6.99. The molecule has 2 rings (SSSR count). The lowest BCUT2D eigenvalue weighted by Crippen LogP contribution is -2.08. The highest BCUT2D eigenvalue weighted by molar-refractivity contribution is 5.85. The van der Waals surface area contributed by atoms with Crippen molar-refractivity contribution in [2.24, 2.45) is 0 Å². The maximum atomic E-state index is 11.8. The first kappa shape index (κ1) is 15.2. The van der Waals surface area contributed by atoms with Gasteiger partial charge in [0, 0.05) is 0 Å². The molecule has 21 heavy (non-hydrogen) atoms. The zero-order chi connectivity index (χ0) is 15.2. The molecular formula is C15H19N3O3. The number of benzene rings is 1. The van der Waals surface area contributed by atoms with Crippen molar-refractivity contribution in [1.82, 2.24) is 14.8 Å². The van der Waals surface area contributed by atoms with E-state index in [-0.39, 0.29) is 25.1 Å². The van der Waals surface area contributed by atoms with Crippen molar-refractivity contribution in [2.45, 2.75) is 33.5 Å². The molecule has 0 radical (unpaired) electrons. The average molecular weight is 289 g/mol. The van der Waals surface area contributed by atoms with Gasteiger partial charge in [0.2, 0.25) is 0 Å². The first-order valence-corrected chi connectivity index (χ1v) is 6.92. The van der Waals surface area contributed by atoms with E-state index >= 15 is 0 Å². The SMILES string of the molecule is CCOC(=O)c1nc(COC(C)C)n(-c2ccccc2)n1. The van der Waals surface area contributed by atoms with E-state index in [1.807, 2.05) is 44.2 Å². The van der Waals surface area contributed by atoms with Crippen molar-refractivity contribution >= 4 is 5.97 Å². The Bertz CT molecular complexity index is 593. The van der Waals surface area contributed by atoms with Gasteiger partial charge in [-0.15, -0.1) is 5.10 Å². The van der Waals surface area contributed by atoms with Crippen molar-refractivity contribution < 1.29 is 14.3 Å². The summed E-state index contributed by atoms with van der Waals surface area (Å²) < 4.78 is 12.1. The average Bonchev–Trinajstić information content (AvgIpc) is 2.90. The molecule has 2 aromatic rings. The minimum Gasteiger partial charge on any atom is -0.460 e. The molecule has 1 aromatic heterocycles. The molecule has 6 nitrogen and oxygen atoms in total. The lowest BCUT2D eigenvalue weighted by Gasteiger charge is -2.08. The molecule has 0 saturated carbocycles. The van der Waals surface area contributed by atoms with E-state index in [9.17, 15) is 4.79 Å². The van der Waals surface area contributed by atoms with Crippen LogP contribution in [0.1, 0.15) is 37.2 Å². The molecule has 0 spiro atoms. The number of carbonyl (C=O) groups excluding carboxylic acids is 1. The molecule has 112 valence electrons. The molecule has 6 heteroatoms. The van der Waals surface area contributed by atoms with Crippen LogP contribution >= 0.6 is 0 Å². The highest BCUT2D eigenvalue weighted by Gasteiger charge is 2.18. The summed E-state index contributed by atoms with van der Waals surface area (Å²) in [6.07, 6.45) is 0.0666. The third-order valence-electron chi connectivity index (χ3n) is 2.68. The van der Waals surface area contributed by atoms with Crippen molar-refractivity contribution in [1.29, 1.82) is 0 Å². The van der Waals surface area contributed by atoms with Gasteiger partial charge in [-0.05, 0) is 32.9 Å². The predicted molar refractivity (Wildman–Crippen MR) is 77.2 cm³/mol. The normalized spacial score (nSPS) is 10.9. The molecule has 0 aliphatic rings. The van der Waals surface area contributed by atoms with Gasteiger partial charge in [-0.1, -0.05) is 18.2 Å². The van der Waals surface area contributed by atoms with Crippen LogP contribution in [-0.4, -0.2) is 33.4 Å². The number of rotatable bonds is 6. The summed E-state index contributed by atoms with van der Waals surface area (Å²) in [4.78, 5) is 16.0. The van der Waals surface area contributed by atoms with Gasteiger partial charge in [0.1, 0.15) is 6.61 Å². The fourth-order valence-corrected chi connectivity index (χ4v) is 1.74. The first-order chi connectivity index (χ1) is 10.1. The minimum atomic E-state index is -0.530. The van der Waals surface area contributed by atoms with Gasteiger partial charge in [-0.3, -0.25) is 0 Å². The van der Waals surface area contributed by atoms with Crippen LogP contribution in [0.2, 0.25) is 0 Å². The maximum absolute atomic E-state index is 11.8. The summed E-state index contributed by atoms with van der Waals surface area (Å²) in [5.41, 5.74) is 0.822. The van der Waals surface area contributed by atoms with Crippen LogP contribution in [0.3, 0.4) is 0 Å². The van der Waals surface area contributed by atoms with Crippen molar-refractivity contribution in [3.63, 3.8) is 0 Å². The quantitative estimate of drug-likeness (QED) is 0.764. The maximum Gasteiger partial charge on any atom is 0.378 e. The van der Waals surface area contributed by atoms with E-state index in [0.717, 1.165) is 5.69 Å². The Labute approximate surface area is 123 Å². The number of ether oxygens (including phenoxy) is 2. The Morgan fingerprint density at radius 2 is 2.00 bits per heavy atom. The third kappa shape index (κ3) is 3.88. The van der Waals surface area contributed by atoms with Crippen LogP contribution in [0.15, 0.2) is 30.3 Å². The van der Waals surface area contributed by atoms with Crippen LogP contribution in [0.5, 0.6) is 0 Å². The summed E-state index contributed by atoms with van der Waals surface area (Å²) in [5.74, 6) is 0.0824. The number of hydrogen-bond acceptors (Lipinski definition) is 5. The second-order valence-electron chi connectivity index (χ2n) is 4.68. The first-order valence-electron chi connectivity index (χ1n) is 6.92. The molecule has 0 fully saturated rings. The van der Waals surface area contributed by atoms with Crippen LogP contribution in [-0.2, 0) is 16.1 Å². The number of hydrogen-bond donors (Lipinski definition) is 0. The summed E-state index contributed by atoms with van der Waals surface area (Å²) in [5, 5.41) is 4.23. The fraction of sp³-hybridized carbons (Fsp3) is 0.400. The molecule has 0 aliphatic heterocycles. The number of nitrogens with zero attached hydrogens (tertiary/aromatic N) is 3. The van der Waals surface area contributed by atoms with E-state index in [4.69, 9.17) is 9.47 Å².